The van der Waals surface area contributed by atoms with Crippen LogP contribution in [0.1, 0.15) is 18.1 Å². The van der Waals surface area contributed by atoms with Crippen molar-refractivity contribution >= 4 is 11.8 Å². The summed E-state index contributed by atoms with van der Waals surface area (Å²) < 4.78 is 12.8. The lowest BCUT2D eigenvalue weighted by Crippen LogP contribution is -2.37. The Morgan fingerprint density at radius 1 is 1.00 bits per heavy atom. The van der Waals surface area contributed by atoms with E-state index in [1.54, 1.807) is 17.0 Å². The molecule has 2 aromatic carbocycles. The van der Waals surface area contributed by atoms with E-state index < -0.39 is 0 Å². The smallest absolute Gasteiger partial charge is 0.224 e. The largest absolute Gasteiger partial charge is 0.354 e. The molecule has 2 aromatic rings. The van der Waals surface area contributed by atoms with E-state index in [2.05, 4.69) is 5.32 Å². The monoisotopic (exact) mass is 328 g/mol. The Labute approximate surface area is 141 Å². The van der Waals surface area contributed by atoms with Crippen molar-refractivity contribution in [1.82, 2.24) is 10.2 Å². The van der Waals surface area contributed by atoms with Crippen LogP contribution in [-0.4, -0.2) is 29.8 Å². The van der Waals surface area contributed by atoms with Crippen LogP contribution in [0.4, 0.5) is 4.39 Å². The molecular weight excluding hydrogens is 307 g/mol. The van der Waals surface area contributed by atoms with Gasteiger partial charge in [-0.05, 0) is 23.3 Å². The average molecular weight is 328 g/mol. The molecule has 0 fully saturated rings. The van der Waals surface area contributed by atoms with Crippen molar-refractivity contribution in [3.8, 4) is 0 Å². The van der Waals surface area contributed by atoms with Crippen LogP contribution in [0.3, 0.4) is 0 Å². The molecule has 5 heteroatoms. The molecule has 0 saturated carbocycles. The fourth-order valence-corrected chi connectivity index (χ4v) is 2.33. The molecule has 0 bridgehead atoms. The Morgan fingerprint density at radius 2 is 1.67 bits per heavy atom. The Bertz CT molecular complexity index is 672. The van der Waals surface area contributed by atoms with Crippen LogP contribution in [-0.2, 0) is 22.6 Å². The van der Waals surface area contributed by atoms with E-state index in [1.807, 2.05) is 30.3 Å². The molecule has 0 aliphatic rings. The second-order valence-electron chi connectivity index (χ2n) is 5.58. The Balaban J connectivity index is 1.78. The molecule has 0 unspecified atom stereocenters. The van der Waals surface area contributed by atoms with Crippen LogP contribution in [0.2, 0.25) is 0 Å². The second kappa shape index (κ2) is 8.82. The molecular formula is C19H21FN2O2. The minimum Gasteiger partial charge on any atom is -0.354 e. The number of carbonyl (C=O) groups is 2. The first kappa shape index (κ1) is 17.7. The summed E-state index contributed by atoms with van der Waals surface area (Å²) in [6, 6.07) is 15.6. The molecule has 126 valence electrons. The predicted molar refractivity (Wildman–Crippen MR) is 90.6 cm³/mol. The lowest BCUT2D eigenvalue weighted by molar-refractivity contribution is -0.130. The number of hydrogen-bond donors (Lipinski definition) is 1. The van der Waals surface area contributed by atoms with E-state index in [4.69, 9.17) is 0 Å². The van der Waals surface area contributed by atoms with Crippen molar-refractivity contribution in [3.63, 3.8) is 0 Å². The highest BCUT2D eigenvalue weighted by molar-refractivity contribution is 5.78. The standard InChI is InChI=1S/C19H21FN2O2/c1-15(23)22(14-17-5-3-2-4-6-17)12-11-21-19(24)13-16-7-9-18(20)10-8-16/h2-10H,11-14H2,1H3,(H,21,24). The highest BCUT2D eigenvalue weighted by atomic mass is 19.1. The van der Waals surface area contributed by atoms with Gasteiger partial charge in [0.05, 0.1) is 6.42 Å². The zero-order valence-corrected chi connectivity index (χ0v) is 13.7. The quantitative estimate of drug-likeness (QED) is 0.849. The first-order valence-electron chi connectivity index (χ1n) is 7.85. The second-order valence-corrected chi connectivity index (χ2v) is 5.58. The van der Waals surface area contributed by atoms with Gasteiger partial charge >= 0.3 is 0 Å². The topological polar surface area (TPSA) is 49.4 Å². The summed E-state index contributed by atoms with van der Waals surface area (Å²) >= 11 is 0. The molecule has 2 amide bonds. The van der Waals surface area contributed by atoms with Crippen molar-refractivity contribution in [2.75, 3.05) is 13.1 Å². The molecule has 0 radical (unpaired) electrons. The van der Waals surface area contributed by atoms with Gasteiger partial charge in [-0.1, -0.05) is 42.5 Å². The minimum absolute atomic E-state index is 0.0355. The van der Waals surface area contributed by atoms with Crippen molar-refractivity contribution in [2.24, 2.45) is 0 Å². The average Bonchev–Trinajstić information content (AvgIpc) is 2.57. The molecule has 24 heavy (non-hydrogen) atoms. The van der Waals surface area contributed by atoms with Crippen molar-refractivity contribution in [2.45, 2.75) is 19.9 Å². The summed E-state index contributed by atoms with van der Waals surface area (Å²) in [5.74, 6) is -0.506. The van der Waals surface area contributed by atoms with E-state index in [0.717, 1.165) is 11.1 Å². The van der Waals surface area contributed by atoms with Crippen LogP contribution in [0.15, 0.2) is 54.6 Å². The van der Waals surface area contributed by atoms with Gasteiger partial charge in [-0.15, -0.1) is 0 Å². The third kappa shape index (κ3) is 5.83. The molecule has 0 aliphatic heterocycles. The maximum absolute atomic E-state index is 12.8. The number of nitrogens with zero attached hydrogens (tertiary/aromatic N) is 1. The lowest BCUT2D eigenvalue weighted by Gasteiger charge is -2.21. The molecule has 0 atom stereocenters. The molecule has 0 heterocycles. The number of halogens is 1. The normalized spacial score (nSPS) is 10.2. The highest BCUT2D eigenvalue weighted by Gasteiger charge is 2.10. The van der Waals surface area contributed by atoms with Gasteiger partial charge in [-0.3, -0.25) is 9.59 Å². The fraction of sp³-hybridized carbons (Fsp3) is 0.263. The molecule has 4 nitrogen and oxygen atoms in total. The van der Waals surface area contributed by atoms with Gasteiger partial charge in [0.25, 0.3) is 0 Å². The fourth-order valence-electron chi connectivity index (χ4n) is 2.33. The van der Waals surface area contributed by atoms with Gasteiger partial charge in [-0.2, -0.15) is 0 Å². The number of nitrogens with one attached hydrogen (secondary N) is 1. The number of carbonyl (C=O) groups excluding carboxylic acids is 2. The summed E-state index contributed by atoms with van der Waals surface area (Å²) in [6.45, 7) is 2.86. The molecule has 1 N–H and O–H groups in total. The van der Waals surface area contributed by atoms with Crippen LogP contribution >= 0.6 is 0 Å². The van der Waals surface area contributed by atoms with Crippen LogP contribution in [0.25, 0.3) is 0 Å². The van der Waals surface area contributed by atoms with Gasteiger partial charge in [0.1, 0.15) is 5.82 Å². The summed E-state index contributed by atoms with van der Waals surface area (Å²) in [5.41, 5.74) is 1.80. The van der Waals surface area contributed by atoms with Crippen LogP contribution in [0, 0.1) is 5.82 Å². The first-order valence-corrected chi connectivity index (χ1v) is 7.85. The Hall–Kier alpha value is -2.69. The van der Waals surface area contributed by atoms with E-state index in [0.29, 0.717) is 19.6 Å². The maximum Gasteiger partial charge on any atom is 0.224 e. The van der Waals surface area contributed by atoms with Crippen LogP contribution in [0.5, 0.6) is 0 Å². The van der Waals surface area contributed by atoms with Gasteiger partial charge in [0.15, 0.2) is 0 Å². The molecule has 0 spiro atoms. The SMILES string of the molecule is CC(=O)N(CCNC(=O)Cc1ccc(F)cc1)Cc1ccccc1. The zero-order chi connectivity index (χ0) is 17.4. The molecule has 0 saturated heterocycles. The van der Waals surface area contributed by atoms with Crippen molar-refractivity contribution < 1.29 is 14.0 Å². The van der Waals surface area contributed by atoms with E-state index in [1.165, 1.54) is 19.1 Å². The van der Waals surface area contributed by atoms with E-state index in [-0.39, 0.29) is 24.1 Å². The first-order chi connectivity index (χ1) is 11.5. The number of amides is 2. The van der Waals surface area contributed by atoms with Gasteiger partial charge in [0.2, 0.25) is 11.8 Å². The van der Waals surface area contributed by atoms with Crippen LogP contribution < -0.4 is 5.32 Å². The molecule has 0 aliphatic carbocycles. The van der Waals surface area contributed by atoms with Gasteiger partial charge < -0.3 is 10.2 Å². The number of benzene rings is 2. The zero-order valence-electron chi connectivity index (χ0n) is 13.7. The summed E-state index contributed by atoms with van der Waals surface area (Å²) in [5, 5.41) is 2.79. The lowest BCUT2D eigenvalue weighted by atomic mass is 10.1. The minimum atomic E-state index is -0.322. The molecule has 0 aromatic heterocycles. The predicted octanol–water partition coefficient (Wildman–Crippen LogP) is 2.53. The number of rotatable bonds is 7. The Morgan fingerprint density at radius 3 is 2.29 bits per heavy atom. The number of hydrogen-bond acceptors (Lipinski definition) is 2. The van der Waals surface area contributed by atoms with Crippen molar-refractivity contribution in [1.29, 1.82) is 0 Å². The maximum atomic E-state index is 12.8. The third-order valence-electron chi connectivity index (χ3n) is 3.64. The molecule has 2 rings (SSSR count). The summed E-state index contributed by atoms with van der Waals surface area (Å²) in [6.07, 6.45) is 0.193. The van der Waals surface area contributed by atoms with Gasteiger partial charge in [-0.25, -0.2) is 4.39 Å². The summed E-state index contributed by atoms with van der Waals surface area (Å²) in [7, 11) is 0. The Kier molecular flexibility index (Phi) is 6.49. The van der Waals surface area contributed by atoms with Crippen molar-refractivity contribution in [3.05, 3.63) is 71.5 Å². The summed E-state index contributed by atoms with van der Waals surface area (Å²) in [4.78, 5) is 25.3. The highest BCUT2D eigenvalue weighted by Crippen LogP contribution is 2.05. The van der Waals surface area contributed by atoms with Gasteiger partial charge in [0, 0.05) is 26.6 Å². The van der Waals surface area contributed by atoms with E-state index >= 15 is 0 Å². The van der Waals surface area contributed by atoms with E-state index in [9.17, 15) is 14.0 Å². The third-order valence-corrected chi connectivity index (χ3v) is 3.64.